The molecule has 0 spiro atoms. The van der Waals surface area contributed by atoms with Gasteiger partial charge in [0.2, 0.25) is 17.7 Å². The molecule has 1 aliphatic rings. The zero-order chi connectivity index (χ0) is 34.1. The standard InChI is InChI=1S/C31H53N7O7S/c1-3-10-23(11-4-2)28(41)36-24(20-27(39)40)30(43)38-19-9-14-25(38)29(42)37-26(15-8-17-35-31(32)33)46(44,45)21-34-18-16-22-12-6-5-7-13-22/h5-7,12-13,23-26,34,44-45H,3-4,8-11,14-21H2,1-2H3,(H,36,41)(H,37,42)(H,39,40)(H4,32,33,35)/t24-,25?,26+/m0/s1. The molecule has 0 aliphatic carbocycles. The van der Waals surface area contributed by atoms with Crippen LogP contribution in [0.25, 0.3) is 0 Å². The number of carbonyl (C=O) groups is 4. The molecule has 10 N–H and O–H groups in total. The molecule has 1 aliphatic heterocycles. The monoisotopic (exact) mass is 667 g/mol. The number of carboxylic acids is 1. The minimum atomic E-state index is -3.40. The highest BCUT2D eigenvalue weighted by Gasteiger charge is 2.40. The molecule has 1 aromatic rings. The van der Waals surface area contributed by atoms with Crippen molar-refractivity contribution in [3.8, 4) is 0 Å². The number of amides is 3. The van der Waals surface area contributed by atoms with Crippen LogP contribution in [-0.2, 0) is 25.6 Å². The Balaban J connectivity index is 2.15. The highest BCUT2D eigenvalue weighted by atomic mass is 32.3. The van der Waals surface area contributed by atoms with Crippen LogP contribution in [-0.4, -0.2) is 91.7 Å². The molecule has 0 saturated carbocycles. The van der Waals surface area contributed by atoms with E-state index in [9.17, 15) is 33.4 Å². The van der Waals surface area contributed by atoms with Gasteiger partial charge in [-0.3, -0.25) is 38.6 Å². The Labute approximate surface area is 273 Å². The Kier molecular flexibility index (Phi) is 16.8. The number of hydrogen-bond acceptors (Lipinski definition) is 8. The molecule has 0 aromatic heterocycles. The Morgan fingerprint density at radius 3 is 2.33 bits per heavy atom. The summed E-state index contributed by atoms with van der Waals surface area (Å²) in [5.41, 5.74) is 11.9. The smallest absolute Gasteiger partial charge is 0.305 e. The summed E-state index contributed by atoms with van der Waals surface area (Å²) in [7, 11) is -3.40. The van der Waals surface area contributed by atoms with E-state index in [4.69, 9.17) is 11.5 Å². The lowest BCUT2D eigenvalue weighted by molar-refractivity contribution is -0.146. The van der Waals surface area contributed by atoms with Crippen LogP contribution in [0, 0.1) is 5.92 Å². The third-order valence-corrected chi connectivity index (χ3v) is 9.80. The van der Waals surface area contributed by atoms with E-state index >= 15 is 0 Å². The fourth-order valence-electron chi connectivity index (χ4n) is 5.57. The van der Waals surface area contributed by atoms with Crippen LogP contribution in [0.5, 0.6) is 0 Å². The first kappa shape index (κ1) is 38.8. The number of hydrogen-bond donors (Lipinski definition) is 8. The van der Waals surface area contributed by atoms with Gasteiger partial charge in [0.25, 0.3) is 0 Å². The van der Waals surface area contributed by atoms with Crippen molar-refractivity contribution in [2.75, 3.05) is 25.5 Å². The summed E-state index contributed by atoms with van der Waals surface area (Å²) in [4.78, 5) is 57.2. The molecule has 1 heterocycles. The molecule has 46 heavy (non-hydrogen) atoms. The third-order valence-electron chi connectivity index (χ3n) is 7.90. The minimum Gasteiger partial charge on any atom is -0.481 e. The largest absolute Gasteiger partial charge is 0.481 e. The number of aliphatic carboxylic acids is 1. The van der Waals surface area contributed by atoms with Gasteiger partial charge in [0.1, 0.15) is 17.5 Å². The predicted octanol–water partition coefficient (Wildman–Crippen LogP) is 2.19. The summed E-state index contributed by atoms with van der Waals surface area (Å²) in [5, 5.41) is 16.9. The van der Waals surface area contributed by atoms with Crippen molar-refractivity contribution < 1.29 is 33.4 Å². The van der Waals surface area contributed by atoms with Crippen LogP contribution in [0.3, 0.4) is 0 Å². The molecule has 3 atom stereocenters. The zero-order valence-corrected chi connectivity index (χ0v) is 27.8. The number of carboxylic acid groups (broad SMARTS) is 1. The SMILES string of the molecule is CCCC(CCC)C(=O)N[C@@H](CC(=O)O)C(=O)N1CCCC1C(=O)N[C@@H](CCCN=C(N)N)S(O)(O)CNCCc1ccccc1. The lowest BCUT2D eigenvalue weighted by Gasteiger charge is -2.41. The second-order valence-electron chi connectivity index (χ2n) is 11.7. The van der Waals surface area contributed by atoms with Gasteiger partial charge >= 0.3 is 5.97 Å². The molecular formula is C31H53N7O7S. The van der Waals surface area contributed by atoms with E-state index in [1.54, 1.807) is 0 Å². The summed E-state index contributed by atoms with van der Waals surface area (Å²) in [5.74, 6) is -3.48. The van der Waals surface area contributed by atoms with Gasteiger partial charge in [-0.05, 0) is 50.5 Å². The van der Waals surface area contributed by atoms with Gasteiger partial charge in [0.15, 0.2) is 5.96 Å². The maximum atomic E-state index is 13.6. The number of nitrogens with one attached hydrogen (secondary N) is 3. The van der Waals surface area contributed by atoms with E-state index < -0.39 is 52.3 Å². The van der Waals surface area contributed by atoms with Crippen LogP contribution >= 0.6 is 10.6 Å². The van der Waals surface area contributed by atoms with E-state index in [2.05, 4.69) is 20.9 Å². The van der Waals surface area contributed by atoms with Crippen LogP contribution < -0.4 is 27.4 Å². The van der Waals surface area contributed by atoms with E-state index in [-0.39, 0.29) is 43.2 Å². The Morgan fingerprint density at radius 1 is 1.04 bits per heavy atom. The number of benzene rings is 1. The maximum absolute atomic E-state index is 13.6. The first-order valence-corrected chi connectivity index (χ1v) is 17.8. The third kappa shape index (κ3) is 13.1. The molecule has 3 amide bonds. The second kappa shape index (κ2) is 20.0. The molecule has 260 valence electrons. The zero-order valence-electron chi connectivity index (χ0n) is 27.0. The van der Waals surface area contributed by atoms with Gasteiger partial charge in [-0.2, -0.15) is 10.6 Å². The highest BCUT2D eigenvalue weighted by Crippen LogP contribution is 2.44. The molecule has 15 heteroatoms. The molecule has 1 fully saturated rings. The molecule has 1 aromatic carbocycles. The van der Waals surface area contributed by atoms with Crippen molar-refractivity contribution in [1.29, 1.82) is 0 Å². The predicted molar refractivity (Wildman–Crippen MR) is 180 cm³/mol. The van der Waals surface area contributed by atoms with Crippen LogP contribution in [0.2, 0.25) is 0 Å². The minimum absolute atomic E-state index is 0.103. The van der Waals surface area contributed by atoms with Crippen molar-refractivity contribution in [3.63, 3.8) is 0 Å². The fourth-order valence-corrected chi connectivity index (χ4v) is 7.06. The molecule has 1 unspecified atom stereocenters. The van der Waals surface area contributed by atoms with Crippen LogP contribution in [0.15, 0.2) is 35.3 Å². The number of guanidine groups is 1. The van der Waals surface area contributed by atoms with E-state index in [1.807, 2.05) is 44.2 Å². The molecule has 14 nitrogen and oxygen atoms in total. The summed E-state index contributed by atoms with van der Waals surface area (Å²) in [6.07, 6.45) is 4.08. The van der Waals surface area contributed by atoms with Gasteiger partial charge in [0, 0.05) is 25.6 Å². The van der Waals surface area contributed by atoms with E-state index in [0.717, 1.165) is 18.4 Å². The van der Waals surface area contributed by atoms with Gasteiger partial charge < -0.3 is 32.1 Å². The van der Waals surface area contributed by atoms with Gasteiger partial charge in [-0.15, -0.1) is 0 Å². The number of likely N-dealkylation sites (tertiary alicyclic amines) is 1. The maximum Gasteiger partial charge on any atom is 0.305 e. The number of rotatable bonds is 21. The number of aliphatic imine (C=N–C) groups is 1. The van der Waals surface area contributed by atoms with Gasteiger partial charge in [0.05, 0.1) is 12.3 Å². The second-order valence-corrected chi connectivity index (χ2v) is 14.0. The Bertz CT molecular complexity index is 1150. The first-order valence-electron chi connectivity index (χ1n) is 16.1. The lowest BCUT2D eigenvalue weighted by atomic mass is 9.96. The topological polar surface area (TPSA) is 233 Å². The van der Waals surface area contributed by atoms with Crippen LogP contribution in [0.1, 0.15) is 77.2 Å². The molecule has 0 radical (unpaired) electrons. The highest BCUT2D eigenvalue weighted by molar-refractivity contribution is 8.24. The van der Waals surface area contributed by atoms with Crippen molar-refractivity contribution in [2.45, 2.75) is 95.5 Å². The molecule has 1 saturated heterocycles. The first-order chi connectivity index (χ1) is 21.9. The molecule has 2 rings (SSSR count). The summed E-state index contributed by atoms with van der Waals surface area (Å²) >= 11 is 0. The van der Waals surface area contributed by atoms with Crippen molar-refractivity contribution in [2.24, 2.45) is 22.4 Å². The Hall–Kier alpha value is -3.40. The van der Waals surface area contributed by atoms with E-state index in [1.165, 1.54) is 4.90 Å². The van der Waals surface area contributed by atoms with Gasteiger partial charge in [-0.25, -0.2) is 0 Å². The summed E-state index contributed by atoms with van der Waals surface area (Å²) in [6.45, 7) is 4.80. The average molecular weight is 668 g/mol. The van der Waals surface area contributed by atoms with Gasteiger partial charge in [-0.1, -0.05) is 57.0 Å². The normalized spacial score (nSPS) is 16.5. The lowest BCUT2D eigenvalue weighted by Crippen LogP contribution is -2.56. The molecular weight excluding hydrogens is 614 g/mol. The number of nitrogens with two attached hydrogens (primary N) is 2. The Morgan fingerprint density at radius 2 is 1.72 bits per heavy atom. The number of carbonyl (C=O) groups excluding carboxylic acids is 3. The van der Waals surface area contributed by atoms with Crippen molar-refractivity contribution in [3.05, 3.63) is 35.9 Å². The van der Waals surface area contributed by atoms with Crippen molar-refractivity contribution in [1.82, 2.24) is 20.9 Å². The summed E-state index contributed by atoms with van der Waals surface area (Å²) < 4.78 is 22.3. The fraction of sp³-hybridized carbons (Fsp3) is 0.645. The average Bonchev–Trinajstić information content (AvgIpc) is 3.50. The van der Waals surface area contributed by atoms with Crippen molar-refractivity contribution >= 4 is 40.2 Å². The number of nitrogens with zero attached hydrogens (tertiary/aromatic N) is 2. The molecule has 0 bridgehead atoms. The van der Waals surface area contributed by atoms with E-state index in [0.29, 0.717) is 45.1 Å². The summed E-state index contributed by atoms with van der Waals surface area (Å²) in [6, 6.07) is 7.42. The van der Waals surface area contributed by atoms with Crippen LogP contribution in [0.4, 0.5) is 0 Å². The quantitative estimate of drug-likeness (QED) is 0.0541.